The standard InChI is InChI=1S/C24H23NO5/c1-17-8-10-20(11-9-17)28-13-14-30-24(27)21-15-18-5-2-3-6-19(18)16-25(21)23(26)22-7-4-12-29-22/h2-12,21H,13-16H2,1H3/t21-/m0/s1. The molecule has 3 aromatic rings. The third kappa shape index (κ3) is 4.38. The van der Waals surface area contributed by atoms with E-state index < -0.39 is 12.0 Å². The van der Waals surface area contributed by atoms with E-state index in [1.807, 2.05) is 55.5 Å². The maximum Gasteiger partial charge on any atom is 0.329 e. The molecule has 2 aromatic carbocycles. The molecule has 2 heterocycles. The number of hydrogen-bond acceptors (Lipinski definition) is 5. The molecule has 0 saturated carbocycles. The lowest BCUT2D eigenvalue weighted by Gasteiger charge is -2.34. The fourth-order valence-electron chi connectivity index (χ4n) is 3.52. The number of nitrogens with zero attached hydrogens (tertiary/aromatic N) is 1. The highest BCUT2D eigenvalue weighted by molar-refractivity contribution is 5.95. The molecule has 154 valence electrons. The van der Waals surface area contributed by atoms with Crippen LogP contribution in [0, 0.1) is 6.92 Å². The summed E-state index contributed by atoms with van der Waals surface area (Å²) in [7, 11) is 0. The van der Waals surface area contributed by atoms with Crippen LogP contribution in [0.5, 0.6) is 5.75 Å². The van der Waals surface area contributed by atoms with E-state index in [2.05, 4.69) is 0 Å². The number of ether oxygens (including phenoxy) is 2. The van der Waals surface area contributed by atoms with Gasteiger partial charge in [0.15, 0.2) is 5.76 Å². The number of esters is 1. The molecule has 1 aliphatic rings. The number of aryl methyl sites for hydroxylation is 1. The molecule has 0 aliphatic carbocycles. The van der Waals surface area contributed by atoms with Crippen LogP contribution in [0.4, 0.5) is 0 Å². The Kier molecular flexibility index (Phi) is 5.84. The molecule has 0 bridgehead atoms. The zero-order valence-electron chi connectivity index (χ0n) is 16.7. The van der Waals surface area contributed by atoms with Crippen molar-refractivity contribution in [3.8, 4) is 5.75 Å². The molecular weight excluding hydrogens is 382 g/mol. The average Bonchev–Trinajstić information content (AvgIpc) is 3.31. The molecule has 1 atom stereocenters. The molecule has 6 nitrogen and oxygen atoms in total. The van der Waals surface area contributed by atoms with Crippen molar-refractivity contribution < 1.29 is 23.5 Å². The minimum Gasteiger partial charge on any atom is -0.490 e. The average molecular weight is 405 g/mol. The highest BCUT2D eigenvalue weighted by Crippen LogP contribution is 2.26. The summed E-state index contributed by atoms with van der Waals surface area (Å²) in [6, 6.07) is 18.0. The van der Waals surface area contributed by atoms with Gasteiger partial charge in [-0.15, -0.1) is 0 Å². The number of carbonyl (C=O) groups excluding carboxylic acids is 2. The molecule has 1 aliphatic heterocycles. The molecule has 0 saturated heterocycles. The first-order chi connectivity index (χ1) is 14.6. The predicted octanol–water partition coefficient (Wildman–Crippen LogP) is 3.78. The first kappa shape index (κ1) is 19.8. The molecule has 6 heteroatoms. The lowest BCUT2D eigenvalue weighted by molar-refractivity contribution is -0.150. The summed E-state index contributed by atoms with van der Waals surface area (Å²) in [5.74, 6) is 0.150. The molecule has 1 amide bonds. The van der Waals surface area contributed by atoms with E-state index in [0.717, 1.165) is 22.4 Å². The predicted molar refractivity (Wildman–Crippen MR) is 110 cm³/mol. The Labute approximate surface area is 175 Å². The van der Waals surface area contributed by atoms with Crippen LogP contribution in [0.1, 0.15) is 27.2 Å². The van der Waals surface area contributed by atoms with Crippen molar-refractivity contribution in [2.24, 2.45) is 0 Å². The summed E-state index contributed by atoms with van der Waals surface area (Å²) in [5.41, 5.74) is 3.20. The van der Waals surface area contributed by atoms with Gasteiger partial charge in [-0.3, -0.25) is 4.79 Å². The molecule has 0 radical (unpaired) electrons. The Morgan fingerprint density at radius 1 is 1.00 bits per heavy atom. The highest BCUT2D eigenvalue weighted by atomic mass is 16.6. The lowest BCUT2D eigenvalue weighted by atomic mass is 9.93. The van der Waals surface area contributed by atoms with Gasteiger partial charge in [0, 0.05) is 13.0 Å². The Hall–Kier alpha value is -3.54. The summed E-state index contributed by atoms with van der Waals surface area (Å²) < 4.78 is 16.3. The van der Waals surface area contributed by atoms with Gasteiger partial charge < -0.3 is 18.8 Å². The van der Waals surface area contributed by atoms with Crippen molar-refractivity contribution in [2.45, 2.75) is 25.9 Å². The lowest BCUT2D eigenvalue weighted by Crippen LogP contribution is -2.49. The van der Waals surface area contributed by atoms with Gasteiger partial charge in [-0.25, -0.2) is 4.79 Å². The van der Waals surface area contributed by atoms with E-state index in [-0.39, 0.29) is 24.9 Å². The molecule has 0 fully saturated rings. The number of amides is 1. The van der Waals surface area contributed by atoms with Gasteiger partial charge in [-0.05, 0) is 42.3 Å². The zero-order chi connectivity index (χ0) is 20.9. The minimum absolute atomic E-state index is 0.105. The summed E-state index contributed by atoms with van der Waals surface area (Å²) >= 11 is 0. The Bertz CT molecular complexity index is 1010. The van der Waals surface area contributed by atoms with Gasteiger partial charge in [0.25, 0.3) is 5.91 Å². The van der Waals surface area contributed by atoms with Crippen molar-refractivity contribution in [3.05, 3.63) is 89.4 Å². The van der Waals surface area contributed by atoms with E-state index in [9.17, 15) is 9.59 Å². The van der Waals surface area contributed by atoms with E-state index in [1.54, 1.807) is 12.1 Å². The van der Waals surface area contributed by atoms with Gasteiger partial charge in [0.05, 0.1) is 6.26 Å². The molecular formula is C24H23NO5. The van der Waals surface area contributed by atoms with E-state index in [4.69, 9.17) is 13.9 Å². The third-order valence-corrected chi connectivity index (χ3v) is 5.13. The van der Waals surface area contributed by atoms with E-state index >= 15 is 0 Å². The van der Waals surface area contributed by atoms with Gasteiger partial charge in [-0.2, -0.15) is 0 Å². The second-order valence-corrected chi connectivity index (χ2v) is 7.23. The van der Waals surface area contributed by atoms with Gasteiger partial charge in [0.2, 0.25) is 0 Å². The third-order valence-electron chi connectivity index (χ3n) is 5.13. The smallest absolute Gasteiger partial charge is 0.329 e. The van der Waals surface area contributed by atoms with Gasteiger partial charge in [0.1, 0.15) is 25.0 Å². The van der Waals surface area contributed by atoms with Crippen LogP contribution in [-0.4, -0.2) is 36.0 Å². The first-order valence-electron chi connectivity index (χ1n) is 9.89. The molecule has 0 spiro atoms. The minimum atomic E-state index is -0.711. The Morgan fingerprint density at radius 2 is 1.77 bits per heavy atom. The second kappa shape index (κ2) is 8.86. The Morgan fingerprint density at radius 3 is 2.50 bits per heavy atom. The molecule has 1 aromatic heterocycles. The summed E-state index contributed by atoms with van der Waals surface area (Å²) in [6.45, 7) is 2.68. The van der Waals surface area contributed by atoms with Crippen molar-refractivity contribution in [1.29, 1.82) is 0 Å². The van der Waals surface area contributed by atoms with Gasteiger partial charge >= 0.3 is 5.97 Å². The number of benzene rings is 2. The van der Waals surface area contributed by atoms with Crippen LogP contribution >= 0.6 is 0 Å². The van der Waals surface area contributed by atoms with Crippen molar-refractivity contribution >= 4 is 11.9 Å². The van der Waals surface area contributed by atoms with Crippen molar-refractivity contribution in [1.82, 2.24) is 4.90 Å². The topological polar surface area (TPSA) is 69.0 Å². The largest absolute Gasteiger partial charge is 0.490 e. The number of fused-ring (bicyclic) bond motifs is 1. The van der Waals surface area contributed by atoms with E-state index in [1.165, 1.54) is 11.2 Å². The number of furan rings is 1. The summed E-state index contributed by atoms with van der Waals surface area (Å²) in [4.78, 5) is 27.3. The van der Waals surface area contributed by atoms with E-state index in [0.29, 0.717) is 13.0 Å². The summed E-state index contributed by atoms with van der Waals surface area (Å²) in [6.07, 6.45) is 1.85. The van der Waals surface area contributed by atoms with Crippen LogP contribution < -0.4 is 4.74 Å². The van der Waals surface area contributed by atoms with Crippen LogP contribution in [0.3, 0.4) is 0 Å². The monoisotopic (exact) mass is 405 g/mol. The van der Waals surface area contributed by atoms with Crippen LogP contribution in [0.25, 0.3) is 0 Å². The fraction of sp³-hybridized carbons (Fsp3) is 0.250. The molecule has 4 rings (SSSR count). The SMILES string of the molecule is Cc1ccc(OCCOC(=O)[C@@H]2Cc3ccccc3CN2C(=O)c2ccco2)cc1. The van der Waals surface area contributed by atoms with Crippen molar-refractivity contribution in [3.63, 3.8) is 0 Å². The zero-order valence-corrected chi connectivity index (χ0v) is 16.7. The van der Waals surface area contributed by atoms with Crippen LogP contribution in [0.2, 0.25) is 0 Å². The second-order valence-electron chi connectivity index (χ2n) is 7.23. The van der Waals surface area contributed by atoms with Gasteiger partial charge in [-0.1, -0.05) is 42.0 Å². The molecule has 0 unspecified atom stereocenters. The molecule has 0 N–H and O–H groups in total. The Balaban J connectivity index is 1.42. The van der Waals surface area contributed by atoms with Crippen LogP contribution in [0.15, 0.2) is 71.3 Å². The maximum absolute atomic E-state index is 12.9. The molecule has 30 heavy (non-hydrogen) atoms. The number of carbonyl (C=O) groups is 2. The maximum atomic E-state index is 12.9. The number of hydrogen-bond donors (Lipinski definition) is 0. The summed E-state index contributed by atoms with van der Waals surface area (Å²) in [5, 5.41) is 0. The fourth-order valence-corrected chi connectivity index (χ4v) is 3.52. The van der Waals surface area contributed by atoms with Crippen LogP contribution in [-0.2, 0) is 22.5 Å². The quantitative estimate of drug-likeness (QED) is 0.461. The highest BCUT2D eigenvalue weighted by Gasteiger charge is 2.36. The van der Waals surface area contributed by atoms with Crippen molar-refractivity contribution in [2.75, 3.05) is 13.2 Å². The number of rotatable bonds is 6. The first-order valence-corrected chi connectivity index (χ1v) is 9.89. The normalized spacial score (nSPS) is 15.4.